The Kier molecular flexibility index (Phi) is 5.47. The lowest BCUT2D eigenvalue weighted by molar-refractivity contribution is 0.0928. The fourth-order valence-electron chi connectivity index (χ4n) is 2.35. The van der Waals surface area contributed by atoms with Crippen LogP contribution in [0.25, 0.3) is 0 Å². The zero-order valence-electron chi connectivity index (χ0n) is 12.9. The molecule has 0 saturated carbocycles. The van der Waals surface area contributed by atoms with Crippen LogP contribution in [0.15, 0.2) is 41.5 Å². The molecule has 2 rings (SSSR count). The van der Waals surface area contributed by atoms with Crippen molar-refractivity contribution in [2.45, 2.75) is 39.2 Å². The Labute approximate surface area is 129 Å². The van der Waals surface area contributed by atoms with Crippen molar-refractivity contribution in [3.8, 4) is 0 Å². The lowest BCUT2D eigenvalue weighted by Crippen LogP contribution is -2.30. The number of aryl methyl sites for hydroxylation is 1. The second-order valence-corrected chi connectivity index (χ2v) is 5.37. The number of carbonyl (C=O) groups excluding carboxylic acids is 1. The normalized spacial score (nSPS) is 11.9. The predicted octanol–water partition coefficient (Wildman–Crippen LogP) is 2.74. The highest BCUT2D eigenvalue weighted by Crippen LogP contribution is 2.18. The smallest absolute Gasteiger partial charge is 0.268 e. The zero-order chi connectivity index (χ0) is 15.9. The van der Waals surface area contributed by atoms with Crippen molar-refractivity contribution in [2.24, 2.45) is 0 Å². The molecule has 116 valence electrons. The minimum atomic E-state index is -0.272. The molecule has 2 N–H and O–H groups in total. The molecule has 0 unspecified atom stereocenters. The van der Waals surface area contributed by atoms with Crippen LogP contribution in [-0.4, -0.2) is 15.9 Å². The third kappa shape index (κ3) is 4.28. The molecule has 0 saturated heterocycles. The number of aromatic amines is 1. The van der Waals surface area contributed by atoms with Gasteiger partial charge in [0, 0.05) is 30.2 Å². The van der Waals surface area contributed by atoms with Gasteiger partial charge in [-0.2, -0.15) is 0 Å². The van der Waals surface area contributed by atoms with Gasteiger partial charge >= 0.3 is 0 Å². The largest absolute Gasteiger partial charge is 0.354 e. The van der Waals surface area contributed by atoms with Crippen molar-refractivity contribution in [3.63, 3.8) is 0 Å². The Bertz CT molecular complexity index is 680. The van der Waals surface area contributed by atoms with E-state index in [1.165, 1.54) is 12.1 Å². The molecule has 0 spiro atoms. The van der Waals surface area contributed by atoms with E-state index in [-0.39, 0.29) is 23.1 Å². The Hall–Kier alpha value is -2.43. The first kappa shape index (κ1) is 15.9. The molecule has 0 bridgehead atoms. The molecular formula is C17H21N3O2. The van der Waals surface area contributed by atoms with Crippen molar-refractivity contribution in [1.82, 2.24) is 15.3 Å². The van der Waals surface area contributed by atoms with E-state index in [4.69, 9.17) is 0 Å². The van der Waals surface area contributed by atoms with Gasteiger partial charge in [0.25, 0.3) is 5.91 Å². The minimum absolute atomic E-state index is 0.106. The highest BCUT2D eigenvalue weighted by Gasteiger charge is 2.16. The number of H-pyrrole nitrogens is 1. The van der Waals surface area contributed by atoms with Gasteiger partial charge in [-0.05, 0) is 25.0 Å². The molecule has 5 heteroatoms. The van der Waals surface area contributed by atoms with Crippen LogP contribution >= 0.6 is 0 Å². The molecule has 0 aliphatic heterocycles. The Morgan fingerprint density at radius 2 is 2.23 bits per heavy atom. The van der Waals surface area contributed by atoms with Crippen LogP contribution in [0.3, 0.4) is 0 Å². The molecule has 2 heterocycles. The first-order valence-electron chi connectivity index (χ1n) is 7.52. The zero-order valence-corrected chi connectivity index (χ0v) is 12.9. The summed E-state index contributed by atoms with van der Waals surface area (Å²) in [6.45, 7) is 3.87. The van der Waals surface area contributed by atoms with Crippen LogP contribution in [0.4, 0.5) is 0 Å². The molecule has 2 aromatic rings. The Morgan fingerprint density at radius 3 is 2.86 bits per heavy atom. The Morgan fingerprint density at radius 1 is 1.41 bits per heavy atom. The highest BCUT2D eigenvalue weighted by atomic mass is 16.2. The van der Waals surface area contributed by atoms with Crippen LogP contribution in [0.5, 0.6) is 0 Å². The summed E-state index contributed by atoms with van der Waals surface area (Å²) in [4.78, 5) is 31.0. The molecule has 0 fully saturated rings. The van der Waals surface area contributed by atoms with Gasteiger partial charge in [0.1, 0.15) is 5.69 Å². The first-order chi connectivity index (χ1) is 10.6. The summed E-state index contributed by atoms with van der Waals surface area (Å²) in [6, 6.07) is 6.49. The number of carbonyl (C=O) groups is 1. The lowest BCUT2D eigenvalue weighted by Gasteiger charge is -2.18. The van der Waals surface area contributed by atoms with Crippen molar-refractivity contribution >= 4 is 5.91 Å². The summed E-state index contributed by atoms with van der Waals surface area (Å²) < 4.78 is 0. The number of unbranched alkanes of at least 4 members (excludes halogenated alkanes) is 1. The SMILES string of the molecule is CCCC[C@@H](NC(=O)c1cc(=O)cc(C)[nH]1)c1cccnc1. The van der Waals surface area contributed by atoms with Crippen molar-refractivity contribution in [1.29, 1.82) is 0 Å². The Balaban J connectivity index is 2.19. The molecule has 22 heavy (non-hydrogen) atoms. The average Bonchev–Trinajstić information content (AvgIpc) is 2.51. The van der Waals surface area contributed by atoms with Gasteiger partial charge in [0.05, 0.1) is 6.04 Å². The number of aromatic nitrogens is 2. The van der Waals surface area contributed by atoms with Crippen molar-refractivity contribution < 1.29 is 4.79 Å². The molecule has 2 aromatic heterocycles. The van der Waals surface area contributed by atoms with E-state index >= 15 is 0 Å². The van der Waals surface area contributed by atoms with E-state index in [1.54, 1.807) is 19.3 Å². The van der Waals surface area contributed by atoms with Crippen molar-refractivity contribution in [2.75, 3.05) is 0 Å². The van der Waals surface area contributed by atoms with Gasteiger partial charge in [-0.3, -0.25) is 14.6 Å². The fourth-order valence-corrected chi connectivity index (χ4v) is 2.35. The highest BCUT2D eigenvalue weighted by molar-refractivity contribution is 5.92. The van der Waals surface area contributed by atoms with E-state index in [2.05, 4.69) is 22.2 Å². The maximum atomic E-state index is 12.4. The summed E-state index contributed by atoms with van der Waals surface area (Å²) in [5.74, 6) is -0.272. The van der Waals surface area contributed by atoms with Gasteiger partial charge in [0.2, 0.25) is 0 Å². The lowest BCUT2D eigenvalue weighted by atomic mass is 10.0. The van der Waals surface area contributed by atoms with Gasteiger partial charge in [0.15, 0.2) is 5.43 Å². The summed E-state index contributed by atoms with van der Waals surface area (Å²) >= 11 is 0. The van der Waals surface area contributed by atoms with Crippen LogP contribution in [0, 0.1) is 6.92 Å². The average molecular weight is 299 g/mol. The topological polar surface area (TPSA) is 74.8 Å². The van der Waals surface area contributed by atoms with Crippen LogP contribution in [0.2, 0.25) is 0 Å². The molecule has 5 nitrogen and oxygen atoms in total. The summed E-state index contributed by atoms with van der Waals surface area (Å²) in [6.07, 6.45) is 6.36. The van der Waals surface area contributed by atoms with Gasteiger partial charge in [-0.25, -0.2) is 0 Å². The van der Waals surface area contributed by atoms with Gasteiger partial charge in [-0.15, -0.1) is 0 Å². The molecule has 0 radical (unpaired) electrons. The van der Waals surface area contributed by atoms with E-state index in [0.29, 0.717) is 5.69 Å². The maximum absolute atomic E-state index is 12.4. The summed E-state index contributed by atoms with van der Waals surface area (Å²) in [5, 5.41) is 2.99. The van der Waals surface area contributed by atoms with Gasteiger partial charge in [-0.1, -0.05) is 25.8 Å². The molecular weight excluding hydrogens is 278 g/mol. The molecule has 0 aromatic carbocycles. The molecule has 0 aliphatic rings. The predicted molar refractivity (Wildman–Crippen MR) is 85.8 cm³/mol. The van der Waals surface area contributed by atoms with E-state index in [9.17, 15) is 9.59 Å². The molecule has 1 amide bonds. The fraction of sp³-hybridized carbons (Fsp3) is 0.353. The third-order valence-electron chi connectivity index (χ3n) is 3.46. The van der Waals surface area contributed by atoms with Crippen LogP contribution in [-0.2, 0) is 0 Å². The minimum Gasteiger partial charge on any atom is -0.354 e. The number of pyridine rings is 2. The number of nitrogens with one attached hydrogen (secondary N) is 2. The standard InChI is InChI=1S/C17H21N3O2/c1-3-4-7-15(13-6-5-8-18-11-13)20-17(22)16-10-14(21)9-12(2)19-16/h5-6,8-11,15H,3-4,7H2,1-2H3,(H,19,21)(H,20,22)/t15-/m1/s1. The second-order valence-electron chi connectivity index (χ2n) is 5.37. The van der Waals surface area contributed by atoms with Gasteiger partial charge < -0.3 is 10.3 Å². The molecule has 1 atom stereocenters. The second kappa shape index (κ2) is 7.54. The number of hydrogen-bond donors (Lipinski definition) is 2. The van der Waals surface area contributed by atoms with E-state index < -0.39 is 0 Å². The number of amides is 1. The monoisotopic (exact) mass is 299 g/mol. The quantitative estimate of drug-likeness (QED) is 0.861. The van der Waals surface area contributed by atoms with E-state index in [0.717, 1.165) is 24.8 Å². The molecule has 0 aliphatic carbocycles. The third-order valence-corrected chi connectivity index (χ3v) is 3.46. The summed E-state index contributed by atoms with van der Waals surface area (Å²) in [5.41, 5.74) is 1.76. The number of hydrogen-bond acceptors (Lipinski definition) is 3. The number of nitrogens with zero attached hydrogens (tertiary/aromatic N) is 1. The first-order valence-corrected chi connectivity index (χ1v) is 7.52. The van der Waals surface area contributed by atoms with Crippen LogP contribution in [0.1, 0.15) is 54.0 Å². The maximum Gasteiger partial charge on any atom is 0.268 e. The summed E-state index contributed by atoms with van der Waals surface area (Å²) in [7, 11) is 0. The van der Waals surface area contributed by atoms with Crippen LogP contribution < -0.4 is 10.7 Å². The van der Waals surface area contributed by atoms with E-state index in [1.807, 2.05) is 12.1 Å². The van der Waals surface area contributed by atoms with Crippen molar-refractivity contribution in [3.05, 3.63) is 63.8 Å². The number of rotatable bonds is 6.